The van der Waals surface area contributed by atoms with E-state index in [0.717, 1.165) is 22.1 Å². The second-order valence-electron chi connectivity index (χ2n) is 5.12. The molecule has 0 fully saturated rings. The summed E-state index contributed by atoms with van der Waals surface area (Å²) in [5.41, 5.74) is 2.61. The molecule has 0 spiro atoms. The number of nitrogens with zero attached hydrogens (tertiary/aromatic N) is 1. The van der Waals surface area contributed by atoms with Gasteiger partial charge in [0, 0.05) is 16.6 Å². The van der Waals surface area contributed by atoms with Crippen molar-refractivity contribution in [3.63, 3.8) is 0 Å². The Kier molecular flexibility index (Phi) is 2.69. The topological polar surface area (TPSA) is 61.7 Å². The Hall–Kier alpha value is -3.14. The number of amidine groups is 1. The van der Waals surface area contributed by atoms with E-state index in [4.69, 9.17) is 0 Å². The van der Waals surface area contributed by atoms with Crippen LogP contribution in [0.25, 0.3) is 10.8 Å². The van der Waals surface area contributed by atoms with Crippen LogP contribution in [0.2, 0.25) is 0 Å². The molecule has 4 heteroatoms. The molecular weight excluding hydrogens is 276 g/mol. The number of carboxylic acid groups (broad SMARTS) is 1. The van der Waals surface area contributed by atoms with E-state index in [1.165, 1.54) is 0 Å². The van der Waals surface area contributed by atoms with Crippen molar-refractivity contribution in [1.82, 2.24) is 0 Å². The Labute approximate surface area is 126 Å². The highest BCUT2D eigenvalue weighted by molar-refractivity contribution is 6.21. The summed E-state index contributed by atoms with van der Waals surface area (Å²) < 4.78 is 0. The SMILES string of the molecule is O=C(O)c1ccccc1C1=Nc2cccc3cccc(c23)N1. The molecule has 4 rings (SSSR count). The van der Waals surface area contributed by atoms with Crippen LogP contribution in [-0.2, 0) is 0 Å². The third kappa shape index (κ3) is 1.85. The van der Waals surface area contributed by atoms with E-state index in [1.54, 1.807) is 18.2 Å². The van der Waals surface area contributed by atoms with Crippen molar-refractivity contribution >= 4 is 34.0 Å². The number of aromatic carboxylic acids is 1. The lowest BCUT2D eigenvalue weighted by molar-refractivity contribution is 0.0696. The number of aliphatic imine (C=N–C) groups is 1. The zero-order valence-electron chi connectivity index (χ0n) is 11.6. The minimum Gasteiger partial charge on any atom is -0.478 e. The summed E-state index contributed by atoms with van der Waals surface area (Å²) in [6, 6.07) is 18.8. The number of benzene rings is 3. The third-order valence-electron chi connectivity index (χ3n) is 3.78. The lowest BCUT2D eigenvalue weighted by Gasteiger charge is -2.20. The van der Waals surface area contributed by atoms with Gasteiger partial charge in [-0.1, -0.05) is 42.5 Å². The van der Waals surface area contributed by atoms with Gasteiger partial charge in [-0.2, -0.15) is 0 Å². The zero-order chi connectivity index (χ0) is 15.1. The molecule has 3 aromatic rings. The number of carbonyl (C=O) groups is 1. The summed E-state index contributed by atoms with van der Waals surface area (Å²) in [4.78, 5) is 16.0. The minimum atomic E-state index is -0.961. The molecule has 106 valence electrons. The molecule has 0 saturated carbocycles. The fraction of sp³-hybridized carbons (Fsp3) is 0. The summed E-state index contributed by atoms with van der Waals surface area (Å²) in [5.74, 6) is -0.402. The average Bonchev–Trinajstić information content (AvgIpc) is 2.55. The van der Waals surface area contributed by atoms with Crippen molar-refractivity contribution in [3.8, 4) is 0 Å². The highest BCUT2D eigenvalue weighted by Gasteiger charge is 2.19. The predicted octanol–water partition coefficient (Wildman–Crippen LogP) is 4.04. The van der Waals surface area contributed by atoms with Gasteiger partial charge < -0.3 is 10.4 Å². The van der Waals surface area contributed by atoms with Crippen molar-refractivity contribution in [1.29, 1.82) is 0 Å². The molecule has 0 aromatic heterocycles. The molecule has 2 N–H and O–H groups in total. The summed E-state index contributed by atoms with van der Waals surface area (Å²) >= 11 is 0. The molecule has 22 heavy (non-hydrogen) atoms. The van der Waals surface area contributed by atoms with E-state index in [0.29, 0.717) is 11.4 Å². The summed E-state index contributed by atoms with van der Waals surface area (Å²) in [7, 11) is 0. The maximum Gasteiger partial charge on any atom is 0.336 e. The number of rotatable bonds is 2. The lowest BCUT2D eigenvalue weighted by Crippen LogP contribution is -2.19. The van der Waals surface area contributed by atoms with Crippen LogP contribution in [0.5, 0.6) is 0 Å². The highest BCUT2D eigenvalue weighted by Crippen LogP contribution is 2.36. The Morgan fingerprint density at radius 3 is 2.55 bits per heavy atom. The van der Waals surface area contributed by atoms with Crippen LogP contribution in [0, 0.1) is 0 Å². The standard InChI is InChI=1S/C18H12N2O2/c21-18(22)13-8-2-1-7-12(13)17-19-14-9-3-5-11-6-4-10-15(20-17)16(11)14/h1-10H,(H,19,20)(H,21,22). The molecule has 1 aliphatic heterocycles. The van der Waals surface area contributed by atoms with Crippen molar-refractivity contribution in [2.24, 2.45) is 4.99 Å². The molecule has 0 atom stereocenters. The summed E-state index contributed by atoms with van der Waals surface area (Å²) in [5, 5.41) is 14.8. The second-order valence-corrected chi connectivity index (χ2v) is 5.12. The molecule has 0 aliphatic carbocycles. The van der Waals surface area contributed by atoms with Crippen molar-refractivity contribution in [2.75, 3.05) is 5.32 Å². The second kappa shape index (κ2) is 4.70. The summed E-state index contributed by atoms with van der Waals surface area (Å²) in [6.07, 6.45) is 0. The van der Waals surface area contributed by atoms with E-state index in [1.807, 2.05) is 42.5 Å². The number of anilines is 1. The normalized spacial score (nSPS) is 12.6. The van der Waals surface area contributed by atoms with Crippen LogP contribution < -0.4 is 5.32 Å². The van der Waals surface area contributed by atoms with Gasteiger partial charge >= 0.3 is 5.97 Å². The van der Waals surface area contributed by atoms with Crippen molar-refractivity contribution < 1.29 is 9.90 Å². The van der Waals surface area contributed by atoms with Crippen LogP contribution in [0.15, 0.2) is 65.7 Å². The smallest absolute Gasteiger partial charge is 0.336 e. The molecule has 1 aliphatic rings. The summed E-state index contributed by atoms with van der Waals surface area (Å²) in [6.45, 7) is 0. The minimum absolute atomic E-state index is 0.236. The van der Waals surface area contributed by atoms with Gasteiger partial charge in [0.15, 0.2) is 0 Å². The Morgan fingerprint density at radius 1 is 0.955 bits per heavy atom. The quantitative estimate of drug-likeness (QED) is 0.748. The molecule has 0 bridgehead atoms. The van der Waals surface area contributed by atoms with Crippen molar-refractivity contribution in [3.05, 3.63) is 71.8 Å². The number of nitrogens with one attached hydrogen (secondary N) is 1. The Bertz CT molecular complexity index is 939. The fourth-order valence-electron chi connectivity index (χ4n) is 2.80. The van der Waals surface area contributed by atoms with Crippen LogP contribution in [0.1, 0.15) is 15.9 Å². The van der Waals surface area contributed by atoms with Crippen molar-refractivity contribution in [2.45, 2.75) is 0 Å². The fourth-order valence-corrected chi connectivity index (χ4v) is 2.80. The highest BCUT2D eigenvalue weighted by atomic mass is 16.4. The molecular formula is C18H12N2O2. The van der Waals surface area contributed by atoms with Gasteiger partial charge in [0.1, 0.15) is 5.84 Å². The molecule has 3 aromatic carbocycles. The maximum absolute atomic E-state index is 11.4. The van der Waals surface area contributed by atoms with Gasteiger partial charge in [-0.05, 0) is 23.6 Å². The zero-order valence-corrected chi connectivity index (χ0v) is 11.6. The third-order valence-corrected chi connectivity index (χ3v) is 3.78. The monoisotopic (exact) mass is 288 g/mol. The maximum atomic E-state index is 11.4. The number of carboxylic acids is 1. The molecule has 0 amide bonds. The van der Waals surface area contributed by atoms with E-state index in [-0.39, 0.29) is 5.56 Å². The predicted molar refractivity (Wildman–Crippen MR) is 87.2 cm³/mol. The Morgan fingerprint density at radius 2 is 1.73 bits per heavy atom. The Balaban J connectivity index is 1.95. The first kappa shape index (κ1) is 12.6. The first-order valence-electron chi connectivity index (χ1n) is 6.94. The van der Waals surface area contributed by atoms with Gasteiger partial charge in [0.05, 0.1) is 11.3 Å². The molecule has 1 heterocycles. The first-order chi connectivity index (χ1) is 10.7. The van der Waals surface area contributed by atoms with E-state index < -0.39 is 5.97 Å². The lowest BCUT2D eigenvalue weighted by atomic mass is 10.0. The molecule has 4 nitrogen and oxygen atoms in total. The molecule has 0 saturated heterocycles. The van der Waals surface area contributed by atoms with Gasteiger partial charge in [-0.3, -0.25) is 0 Å². The number of hydrogen-bond donors (Lipinski definition) is 2. The first-order valence-corrected chi connectivity index (χ1v) is 6.94. The van der Waals surface area contributed by atoms with E-state index in [2.05, 4.69) is 10.3 Å². The van der Waals surface area contributed by atoms with Crippen LogP contribution in [-0.4, -0.2) is 16.9 Å². The van der Waals surface area contributed by atoms with Gasteiger partial charge in [0.2, 0.25) is 0 Å². The largest absolute Gasteiger partial charge is 0.478 e. The van der Waals surface area contributed by atoms with Gasteiger partial charge in [-0.15, -0.1) is 0 Å². The molecule has 0 radical (unpaired) electrons. The van der Waals surface area contributed by atoms with Crippen LogP contribution in [0.3, 0.4) is 0 Å². The molecule has 0 unspecified atom stereocenters. The van der Waals surface area contributed by atoms with Crippen LogP contribution in [0.4, 0.5) is 11.4 Å². The van der Waals surface area contributed by atoms with Gasteiger partial charge in [-0.25, -0.2) is 9.79 Å². The van der Waals surface area contributed by atoms with E-state index in [9.17, 15) is 9.90 Å². The van der Waals surface area contributed by atoms with Crippen LogP contribution >= 0.6 is 0 Å². The average molecular weight is 288 g/mol. The van der Waals surface area contributed by atoms with E-state index >= 15 is 0 Å². The number of hydrogen-bond acceptors (Lipinski definition) is 3. The van der Waals surface area contributed by atoms with Gasteiger partial charge in [0.25, 0.3) is 0 Å².